The summed E-state index contributed by atoms with van der Waals surface area (Å²) < 4.78 is 80.9. The minimum atomic E-state index is -4.90. The molecule has 0 N–H and O–H groups in total. The van der Waals surface area contributed by atoms with E-state index in [9.17, 15) is 26.3 Å². The van der Waals surface area contributed by atoms with E-state index in [4.69, 9.17) is 0 Å². The molecule has 0 aliphatic carbocycles. The van der Waals surface area contributed by atoms with Gasteiger partial charge in [0.15, 0.2) is 0 Å². The quantitative estimate of drug-likeness (QED) is 0.399. The third kappa shape index (κ3) is 4.70. The van der Waals surface area contributed by atoms with Crippen LogP contribution in [-0.4, -0.2) is 15.8 Å². The Labute approximate surface area is 153 Å². The van der Waals surface area contributed by atoms with Crippen LogP contribution in [0.4, 0.5) is 32.0 Å². The zero-order valence-electron chi connectivity index (χ0n) is 13.2. The van der Waals surface area contributed by atoms with Crippen LogP contribution in [0.2, 0.25) is 0 Å². The Hall–Kier alpha value is -2.75. The van der Waals surface area contributed by atoms with Crippen LogP contribution in [0.3, 0.4) is 0 Å². The maximum atomic E-state index is 12.9. The molecule has 2 aromatic carbocycles. The van der Waals surface area contributed by atoms with Crippen molar-refractivity contribution in [3.63, 3.8) is 0 Å². The number of nitrogens with zero attached hydrogens (tertiary/aromatic N) is 3. The summed E-state index contributed by atoms with van der Waals surface area (Å²) in [6, 6.07) is 7.82. The second-order valence-corrected chi connectivity index (χ2v) is 6.04. The van der Waals surface area contributed by atoms with Crippen molar-refractivity contribution in [3.8, 4) is 11.3 Å². The normalized spacial score (nSPS) is 12.7. The van der Waals surface area contributed by atoms with Crippen molar-refractivity contribution in [2.24, 2.45) is 4.99 Å². The molecule has 0 atom stereocenters. The highest BCUT2D eigenvalue weighted by atomic mass is 32.1. The molecule has 27 heavy (non-hydrogen) atoms. The minimum absolute atomic E-state index is 0.0774. The second-order valence-electron chi connectivity index (χ2n) is 5.43. The standard InChI is InChI=1S/C17H9F6N3S/c18-16(19,20)12-5-10(6-13(7-12)17(21,22)23)8-24-14-3-1-11(2-4-14)15-9-27-26-25-15/h1-9H. The molecule has 1 aromatic heterocycles. The summed E-state index contributed by atoms with van der Waals surface area (Å²) in [5.74, 6) is 0. The zero-order valence-corrected chi connectivity index (χ0v) is 14.0. The summed E-state index contributed by atoms with van der Waals surface area (Å²) in [7, 11) is 0. The fourth-order valence-corrected chi connectivity index (χ4v) is 2.68. The van der Waals surface area contributed by atoms with E-state index in [1.54, 1.807) is 29.6 Å². The van der Waals surface area contributed by atoms with Crippen molar-refractivity contribution < 1.29 is 26.3 Å². The predicted molar refractivity (Wildman–Crippen MR) is 89.0 cm³/mol. The van der Waals surface area contributed by atoms with Crippen LogP contribution in [0, 0.1) is 0 Å². The van der Waals surface area contributed by atoms with Crippen LogP contribution in [0.25, 0.3) is 11.3 Å². The minimum Gasteiger partial charge on any atom is -0.256 e. The predicted octanol–water partition coefficient (Wildman–Crippen LogP) is 5.99. The van der Waals surface area contributed by atoms with Crippen molar-refractivity contribution in [2.75, 3.05) is 0 Å². The van der Waals surface area contributed by atoms with Gasteiger partial charge in [0, 0.05) is 17.2 Å². The molecule has 0 amide bonds. The molecule has 0 spiro atoms. The number of halogens is 6. The first kappa shape index (κ1) is 19.0. The third-order valence-electron chi connectivity index (χ3n) is 3.50. The first-order chi connectivity index (χ1) is 12.6. The lowest BCUT2D eigenvalue weighted by Gasteiger charge is -2.12. The first-order valence-electron chi connectivity index (χ1n) is 7.34. The van der Waals surface area contributed by atoms with Gasteiger partial charge in [0.05, 0.1) is 16.8 Å². The lowest BCUT2D eigenvalue weighted by atomic mass is 10.1. The molecule has 0 fully saturated rings. The number of rotatable bonds is 3. The maximum absolute atomic E-state index is 12.9. The van der Waals surface area contributed by atoms with Crippen LogP contribution < -0.4 is 0 Å². The Morgan fingerprint density at radius 2 is 1.44 bits per heavy atom. The van der Waals surface area contributed by atoms with Gasteiger partial charge in [-0.3, -0.25) is 4.99 Å². The van der Waals surface area contributed by atoms with Crippen molar-refractivity contribution in [1.82, 2.24) is 9.59 Å². The van der Waals surface area contributed by atoms with E-state index in [2.05, 4.69) is 14.6 Å². The summed E-state index contributed by atoms with van der Waals surface area (Å²) in [6.45, 7) is 0. The molecule has 0 saturated heterocycles. The van der Waals surface area contributed by atoms with Gasteiger partial charge < -0.3 is 0 Å². The van der Waals surface area contributed by atoms with E-state index in [1.807, 2.05) is 0 Å². The largest absolute Gasteiger partial charge is 0.416 e. The Bertz CT molecular complexity index is 912. The number of hydrogen-bond acceptors (Lipinski definition) is 4. The molecule has 10 heteroatoms. The van der Waals surface area contributed by atoms with Gasteiger partial charge in [0.25, 0.3) is 0 Å². The van der Waals surface area contributed by atoms with Gasteiger partial charge in [-0.1, -0.05) is 16.6 Å². The molecule has 140 valence electrons. The lowest BCUT2D eigenvalue weighted by Crippen LogP contribution is -2.11. The molecule has 0 bridgehead atoms. The van der Waals surface area contributed by atoms with Gasteiger partial charge in [-0.25, -0.2) is 0 Å². The van der Waals surface area contributed by atoms with Crippen molar-refractivity contribution in [3.05, 3.63) is 64.5 Å². The summed E-state index contributed by atoms with van der Waals surface area (Å²) in [6.07, 6.45) is -8.83. The lowest BCUT2D eigenvalue weighted by molar-refractivity contribution is -0.143. The number of aliphatic imine (C=N–C) groups is 1. The van der Waals surface area contributed by atoms with E-state index in [1.165, 1.54) is 11.5 Å². The monoisotopic (exact) mass is 401 g/mol. The highest BCUT2D eigenvalue weighted by Gasteiger charge is 2.36. The fraction of sp³-hybridized carbons (Fsp3) is 0.118. The molecule has 0 radical (unpaired) electrons. The highest BCUT2D eigenvalue weighted by Crippen LogP contribution is 2.36. The van der Waals surface area contributed by atoms with Crippen LogP contribution in [0.5, 0.6) is 0 Å². The van der Waals surface area contributed by atoms with Crippen molar-refractivity contribution >= 4 is 23.4 Å². The Morgan fingerprint density at radius 3 is 1.93 bits per heavy atom. The second kappa shape index (κ2) is 7.10. The summed E-state index contributed by atoms with van der Waals surface area (Å²) >= 11 is 1.18. The summed E-state index contributed by atoms with van der Waals surface area (Å²) in [5, 5.41) is 5.63. The maximum Gasteiger partial charge on any atom is 0.416 e. The molecule has 1 heterocycles. The number of aromatic nitrogens is 2. The molecule has 0 unspecified atom stereocenters. The average Bonchev–Trinajstić information content (AvgIpc) is 3.13. The van der Waals surface area contributed by atoms with Crippen LogP contribution in [-0.2, 0) is 12.4 Å². The molecular formula is C17H9F6N3S. The first-order valence-corrected chi connectivity index (χ1v) is 8.17. The van der Waals surface area contributed by atoms with E-state index in [0.29, 0.717) is 23.5 Å². The van der Waals surface area contributed by atoms with E-state index in [0.717, 1.165) is 11.8 Å². The van der Waals surface area contributed by atoms with Gasteiger partial charge in [-0.15, -0.1) is 5.10 Å². The van der Waals surface area contributed by atoms with Crippen molar-refractivity contribution in [1.29, 1.82) is 0 Å². The van der Waals surface area contributed by atoms with E-state index in [-0.39, 0.29) is 11.6 Å². The van der Waals surface area contributed by atoms with E-state index >= 15 is 0 Å². The van der Waals surface area contributed by atoms with Crippen LogP contribution in [0.1, 0.15) is 16.7 Å². The Balaban J connectivity index is 1.90. The molecule has 3 aromatic rings. The SMILES string of the molecule is FC(F)(F)c1cc(C=Nc2ccc(-c3csnn3)cc2)cc(C(F)(F)F)c1. The molecule has 0 aliphatic heterocycles. The van der Waals surface area contributed by atoms with Gasteiger partial charge in [0.2, 0.25) is 0 Å². The molecule has 3 nitrogen and oxygen atoms in total. The van der Waals surface area contributed by atoms with Crippen LogP contribution >= 0.6 is 11.5 Å². The van der Waals surface area contributed by atoms with E-state index < -0.39 is 23.5 Å². The molecule has 0 saturated carbocycles. The fourth-order valence-electron chi connectivity index (χ4n) is 2.21. The highest BCUT2D eigenvalue weighted by molar-refractivity contribution is 7.03. The molecule has 0 aliphatic rings. The van der Waals surface area contributed by atoms with Crippen molar-refractivity contribution in [2.45, 2.75) is 12.4 Å². The molecular weight excluding hydrogens is 392 g/mol. The number of hydrogen-bond donors (Lipinski definition) is 0. The topological polar surface area (TPSA) is 38.1 Å². The Kier molecular flexibility index (Phi) is 5.01. The van der Waals surface area contributed by atoms with Crippen LogP contribution in [0.15, 0.2) is 52.8 Å². The Morgan fingerprint density at radius 1 is 0.852 bits per heavy atom. The summed E-state index contributed by atoms with van der Waals surface area (Å²) in [4.78, 5) is 3.95. The zero-order chi connectivity index (χ0) is 19.7. The van der Waals surface area contributed by atoms with Gasteiger partial charge >= 0.3 is 12.4 Å². The number of benzene rings is 2. The van der Waals surface area contributed by atoms with Gasteiger partial charge in [-0.05, 0) is 47.4 Å². The number of alkyl halides is 6. The third-order valence-corrected chi connectivity index (χ3v) is 4.00. The van der Waals surface area contributed by atoms with Gasteiger partial charge in [-0.2, -0.15) is 26.3 Å². The molecule has 3 rings (SSSR count). The van der Waals surface area contributed by atoms with Gasteiger partial charge in [0.1, 0.15) is 5.69 Å². The summed E-state index contributed by atoms with van der Waals surface area (Å²) in [5.41, 5.74) is -1.28. The average molecular weight is 401 g/mol. The smallest absolute Gasteiger partial charge is 0.256 e.